The van der Waals surface area contributed by atoms with Crippen LogP contribution in [0, 0.1) is 6.92 Å². The van der Waals surface area contributed by atoms with Crippen LogP contribution in [0.5, 0.6) is 0 Å². The number of nitrogens with zero attached hydrogens (tertiary/aromatic N) is 4. The smallest absolute Gasteiger partial charge is 0.159 e. The van der Waals surface area contributed by atoms with Crippen LogP contribution in [0.3, 0.4) is 0 Å². The lowest BCUT2D eigenvalue weighted by molar-refractivity contribution is 0.415. The zero-order valence-electron chi connectivity index (χ0n) is 21.9. The number of para-hydroxylation sites is 5. The van der Waals surface area contributed by atoms with Crippen molar-refractivity contribution in [1.82, 2.24) is 9.55 Å². The van der Waals surface area contributed by atoms with Gasteiger partial charge in [-0.3, -0.25) is 0 Å². The Kier molecular flexibility index (Phi) is 4.53. The van der Waals surface area contributed by atoms with Crippen LogP contribution in [0.2, 0.25) is 0 Å². The molecule has 0 radical (unpaired) electrons. The molecule has 5 heteroatoms. The van der Waals surface area contributed by atoms with E-state index in [2.05, 4.69) is 128 Å². The van der Waals surface area contributed by atoms with Crippen LogP contribution < -0.4 is 9.80 Å². The third-order valence-corrected chi connectivity index (χ3v) is 8.05. The van der Waals surface area contributed by atoms with Crippen LogP contribution in [0.4, 0.5) is 17.1 Å². The lowest BCUT2D eigenvalue weighted by Gasteiger charge is -2.41. The molecule has 0 N–H and O–H groups in total. The second kappa shape index (κ2) is 7.62. The summed E-state index contributed by atoms with van der Waals surface area (Å²) in [5.41, 5.74) is 8.32. The number of aryl methyl sites for hydroxylation is 2. The Hall–Kier alpha value is -4.25. The molecular weight excluding hydrogens is 456 g/mol. The molecule has 0 aliphatic carbocycles. The molecule has 1 aliphatic rings. The van der Waals surface area contributed by atoms with Crippen LogP contribution >= 0.6 is 0 Å². The fourth-order valence-electron chi connectivity index (χ4n) is 6.44. The number of benzene rings is 4. The summed E-state index contributed by atoms with van der Waals surface area (Å²) in [6.45, 7) is 9.02. The maximum Gasteiger partial charge on any atom is 0.159 e. The fourth-order valence-corrected chi connectivity index (χ4v) is 6.44. The van der Waals surface area contributed by atoms with E-state index in [4.69, 9.17) is 9.40 Å². The molecule has 0 spiro atoms. The maximum atomic E-state index is 6.53. The first-order valence-corrected chi connectivity index (χ1v) is 12.9. The number of imidazole rings is 1. The Morgan fingerprint density at radius 2 is 1.51 bits per heavy atom. The third kappa shape index (κ3) is 2.94. The van der Waals surface area contributed by atoms with E-state index < -0.39 is 0 Å². The summed E-state index contributed by atoms with van der Waals surface area (Å²) < 4.78 is 8.76. The van der Waals surface area contributed by atoms with E-state index in [1.54, 1.807) is 0 Å². The van der Waals surface area contributed by atoms with Crippen molar-refractivity contribution in [2.45, 2.75) is 39.4 Å². The van der Waals surface area contributed by atoms with Gasteiger partial charge in [0.15, 0.2) is 5.58 Å². The summed E-state index contributed by atoms with van der Waals surface area (Å²) in [6, 6.07) is 29.8. The Labute approximate surface area is 216 Å². The highest BCUT2D eigenvalue weighted by Crippen LogP contribution is 2.52. The van der Waals surface area contributed by atoms with Gasteiger partial charge in [0.25, 0.3) is 0 Å². The average molecular weight is 487 g/mol. The van der Waals surface area contributed by atoms with E-state index >= 15 is 0 Å². The Bertz CT molecular complexity index is 1830. The molecule has 3 heterocycles. The largest absolute Gasteiger partial charge is 0.454 e. The minimum atomic E-state index is -0.381. The zero-order valence-corrected chi connectivity index (χ0v) is 21.9. The molecule has 1 aliphatic heterocycles. The van der Waals surface area contributed by atoms with Gasteiger partial charge >= 0.3 is 0 Å². The summed E-state index contributed by atoms with van der Waals surface area (Å²) >= 11 is 0. The minimum absolute atomic E-state index is 0.0322. The van der Waals surface area contributed by atoms with Gasteiger partial charge in [0.1, 0.15) is 17.6 Å². The number of furan rings is 1. The lowest BCUT2D eigenvalue weighted by Crippen LogP contribution is -2.50. The molecule has 0 saturated carbocycles. The second-order valence-electron chi connectivity index (χ2n) is 10.6. The third-order valence-electron chi connectivity index (χ3n) is 8.05. The number of rotatable bonds is 3. The summed E-state index contributed by atoms with van der Waals surface area (Å²) in [5.74, 6) is 1.04. The van der Waals surface area contributed by atoms with Crippen molar-refractivity contribution in [3.05, 3.63) is 96.3 Å². The molecule has 1 atom stereocenters. The highest BCUT2D eigenvalue weighted by molar-refractivity contribution is 6.10. The van der Waals surface area contributed by atoms with Crippen LogP contribution in [-0.4, -0.2) is 15.7 Å². The molecule has 6 aromatic rings. The average Bonchev–Trinajstić information content (AvgIpc) is 3.54. The van der Waals surface area contributed by atoms with Gasteiger partial charge < -0.3 is 18.8 Å². The summed E-state index contributed by atoms with van der Waals surface area (Å²) in [4.78, 5) is 10.1. The molecule has 184 valence electrons. The Morgan fingerprint density at radius 1 is 0.811 bits per heavy atom. The first-order valence-electron chi connectivity index (χ1n) is 12.9. The topological polar surface area (TPSA) is 37.4 Å². The van der Waals surface area contributed by atoms with Crippen LogP contribution in [0.15, 0.2) is 89.3 Å². The normalized spacial score (nSPS) is 15.9. The van der Waals surface area contributed by atoms with Crippen molar-refractivity contribution in [2.75, 3.05) is 9.80 Å². The highest BCUT2D eigenvalue weighted by atomic mass is 16.3. The standard InChI is InChI=1S/C32H30N4O/c1-20-18-19-23-22-12-6-11-17-28(22)37-30(23)29(20)35-21(2)36(27-16-10-9-15-26(27)35)32(3,4)31-33-24-13-7-8-14-25(24)34(31)5/h6-19,21H,1-5H3/t21-/m1/s1. The summed E-state index contributed by atoms with van der Waals surface area (Å²) in [7, 11) is 2.12. The van der Waals surface area contributed by atoms with Crippen LogP contribution in [0.1, 0.15) is 32.2 Å². The first kappa shape index (κ1) is 22.0. The molecule has 0 fully saturated rings. The monoisotopic (exact) mass is 486 g/mol. The van der Waals surface area contributed by atoms with Gasteiger partial charge in [0.05, 0.1) is 33.6 Å². The van der Waals surface area contributed by atoms with Gasteiger partial charge in [-0.25, -0.2) is 4.98 Å². The molecule has 37 heavy (non-hydrogen) atoms. The number of hydrogen-bond acceptors (Lipinski definition) is 4. The molecule has 4 aromatic carbocycles. The van der Waals surface area contributed by atoms with E-state index in [9.17, 15) is 0 Å². The summed E-state index contributed by atoms with van der Waals surface area (Å²) in [6.07, 6.45) is 0.0322. The molecule has 0 saturated heterocycles. The lowest BCUT2D eigenvalue weighted by atomic mass is 10.00. The van der Waals surface area contributed by atoms with Crippen molar-refractivity contribution in [3.63, 3.8) is 0 Å². The maximum absolute atomic E-state index is 6.53. The van der Waals surface area contributed by atoms with Crippen molar-refractivity contribution in [2.24, 2.45) is 7.05 Å². The second-order valence-corrected chi connectivity index (χ2v) is 10.6. The molecule has 2 aromatic heterocycles. The predicted octanol–water partition coefficient (Wildman–Crippen LogP) is 8.02. The molecule has 7 rings (SSSR count). The molecular formula is C32H30N4O. The van der Waals surface area contributed by atoms with Gasteiger partial charge in [-0.15, -0.1) is 0 Å². The van der Waals surface area contributed by atoms with E-state index in [0.29, 0.717) is 0 Å². The van der Waals surface area contributed by atoms with E-state index in [-0.39, 0.29) is 11.7 Å². The Balaban J connectivity index is 1.45. The number of aromatic nitrogens is 2. The van der Waals surface area contributed by atoms with Crippen molar-refractivity contribution in [1.29, 1.82) is 0 Å². The summed E-state index contributed by atoms with van der Waals surface area (Å²) in [5, 5.41) is 2.30. The van der Waals surface area contributed by atoms with Gasteiger partial charge in [0.2, 0.25) is 0 Å². The zero-order chi connectivity index (χ0) is 25.5. The molecule has 0 bridgehead atoms. The number of hydrogen-bond donors (Lipinski definition) is 0. The first-order chi connectivity index (χ1) is 17.9. The molecule has 0 amide bonds. The Morgan fingerprint density at radius 3 is 2.32 bits per heavy atom. The molecule has 0 unspecified atom stereocenters. The SMILES string of the molecule is Cc1ccc2c(oc3ccccc32)c1N1c2ccccc2N(C(C)(C)c2nc3ccccc3n2C)[C@@H]1C. The van der Waals surface area contributed by atoms with E-state index in [1.807, 2.05) is 6.07 Å². The fraction of sp³-hybridized carbons (Fsp3) is 0.219. The van der Waals surface area contributed by atoms with Gasteiger partial charge in [-0.1, -0.05) is 54.6 Å². The van der Waals surface area contributed by atoms with Crippen molar-refractivity contribution < 1.29 is 4.42 Å². The van der Waals surface area contributed by atoms with Gasteiger partial charge in [0, 0.05) is 17.8 Å². The van der Waals surface area contributed by atoms with Gasteiger partial charge in [-0.05, 0) is 63.6 Å². The van der Waals surface area contributed by atoms with Crippen LogP contribution in [-0.2, 0) is 12.6 Å². The van der Waals surface area contributed by atoms with E-state index in [1.165, 1.54) is 16.9 Å². The number of fused-ring (bicyclic) bond motifs is 5. The van der Waals surface area contributed by atoms with Crippen molar-refractivity contribution in [3.8, 4) is 0 Å². The highest BCUT2D eigenvalue weighted by Gasteiger charge is 2.45. The number of anilines is 3. The van der Waals surface area contributed by atoms with Crippen molar-refractivity contribution >= 4 is 50.0 Å². The minimum Gasteiger partial charge on any atom is -0.454 e. The van der Waals surface area contributed by atoms with E-state index in [0.717, 1.165) is 44.5 Å². The predicted molar refractivity (Wildman–Crippen MR) is 153 cm³/mol. The van der Waals surface area contributed by atoms with Gasteiger partial charge in [-0.2, -0.15) is 0 Å². The molecule has 5 nitrogen and oxygen atoms in total. The van der Waals surface area contributed by atoms with Crippen LogP contribution in [0.25, 0.3) is 33.0 Å². The quantitative estimate of drug-likeness (QED) is 0.254.